The normalized spacial score (nSPS) is 23.2. The van der Waals surface area contributed by atoms with Gasteiger partial charge in [0.25, 0.3) is 0 Å². The molecule has 2 aliphatic rings. The summed E-state index contributed by atoms with van der Waals surface area (Å²) in [5.41, 5.74) is 1.51. The molecule has 1 saturated heterocycles. The van der Waals surface area contributed by atoms with Gasteiger partial charge in [0.15, 0.2) is 9.84 Å². The third-order valence-corrected chi connectivity index (χ3v) is 9.02. The average molecular weight is 515 g/mol. The molecular weight excluding hydrogens is 475 g/mol. The van der Waals surface area contributed by atoms with Crippen molar-refractivity contribution in [3.8, 4) is 0 Å². The topological polar surface area (TPSA) is 66.5 Å². The summed E-state index contributed by atoms with van der Waals surface area (Å²) in [6, 6.07) is 13.9. The van der Waals surface area contributed by atoms with Crippen molar-refractivity contribution < 1.29 is 17.6 Å². The molecule has 7 heteroatoms. The summed E-state index contributed by atoms with van der Waals surface area (Å²) >= 11 is 0. The first-order valence-electron chi connectivity index (χ1n) is 13.4. The molecule has 0 aromatic heterocycles. The number of hydrogen-bond donors (Lipinski definition) is 1. The van der Waals surface area contributed by atoms with Crippen LogP contribution in [0.15, 0.2) is 53.4 Å². The Bertz CT molecular complexity index is 1130. The number of amides is 1. The van der Waals surface area contributed by atoms with E-state index in [2.05, 4.69) is 29.3 Å². The number of likely N-dealkylation sites (tertiary alicyclic amines) is 1. The molecule has 1 aliphatic carbocycles. The van der Waals surface area contributed by atoms with Crippen LogP contribution in [0.2, 0.25) is 0 Å². The maximum Gasteiger partial charge on any atom is 0.226 e. The monoisotopic (exact) mass is 514 g/mol. The fourth-order valence-electron chi connectivity index (χ4n) is 6.06. The summed E-state index contributed by atoms with van der Waals surface area (Å²) in [6.45, 7) is 2.39. The molecule has 36 heavy (non-hydrogen) atoms. The fourth-order valence-corrected chi connectivity index (χ4v) is 6.98. The molecule has 3 unspecified atom stereocenters. The van der Waals surface area contributed by atoms with E-state index in [-0.39, 0.29) is 41.4 Å². The lowest BCUT2D eigenvalue weighted by Gasteiger charge is -2.36. The second-order valence-electron chi connectivity index (χ2n) is 10.5. The number of carbonyl (C=O) groups is 1. The van der Waals surface area contributed by atoms with Crippen LogP contribution in [-0.2, 0) is 21.2 Å². The molecule has 2 aromatic carbocycles. The summed E-state index contributed by atoms with van der Waals surface area (Å²) in [5, 5.41) is 3.56. The van der Waals surface area contributed by atoms with E-state index < -0.39 is 15.7 Å². The molecule has 3 atom stereocenters. The fraction of sp³-hybridized carbons (Fsp3) is 0.552. The van der Waals surface area contributed by atoms with Gasteiger partial charge in [-0.1, -0.05) is 69.4 Å². The summed E-state index contributed by atoms with van der Waals surface area (Å²) in [5.74, 6) is -0.121. The van der Waals surface area contributed by atoms with Gasteiger partial charge in [-0.15, -0.1) is 0 Å². The van der Waals surface area contributed by atoms with Crippen LogP contribution in [0, 0.1) is 11.7 Å². The molecule has 2 fully saturated rings. The lowest BCUT2D eigenvalue weighted by Crippen LogP contribution is -2.44. The number of sulfone groups is 1. The molecule has 0 spiro atoms. The minimum absolute atomic E-state index is 0.0579. The first kappa shape index (κ1) is 26.8. The van der Waals surface area contributed by atoms with Gasteiger partial charge in [0.05, 0.1) is 10.9 Å². The largest absolute Gasteiger partial charge is 0.331 e. The number of nitrogens with one attached hydrogen (secondary N) is 1. The van der Waals surface area contributed by atoms with Crippen molar-refractivity contribution in [1.29, 1.82) is 0 Å². The van der Waals surface area contributed by atoms with Crippen LogP contribution in [0.5, 0.6) is 0 Å². The van der Waals surface area contributed by atoms with Gasteiger partial charge in [-0.05, 0) is 55.0 Å². The predicted octanol–water partition coefficient (Wildman–Crippen LogP) is 5.80. The van der Waals surface area contributed by atoms with Crippen molar-refractivity contribution in [1.82, 2.24) is 10.2 Å². The summed E-state index contributed by atoms with van der Waals surface area (Å²) in [4.78, 5) is 16.3. The van der Waals surface area contributed by atoms with Gasteiger partial charge in [0, 0.05) is 30.8 Å². The van der Waals surface area contributed by atoms with Crippen LogP contribution in [0.25, 0.3) is 0 Å². The number of nitrogens with zero attached hydrogens (tertiary/aromatic N) is 1. The molecule has 0 bridgehead atoms. The maximum absolute atomic E-state index is 14.1. The highest BCUT2D eigenvalue weighted by Crippen LogP contribution is 2.41. The van der Waals surface area contributed by atoms with E-state index >= 15 is 0 Å². The lowest BCUT2D eigenvalue weighted by molar-refractivity contribution is -0.140. The minimum Gasteiger partial charge on any atom is -0.331 e. The molecule has 5 nitrogen and oxygen atoms in total. The lowest BCUT2D eigenvalue weighted by atomic mass is 9.87. The molecule has 4 rings (SSSR count). The van der Waals surface area contributed by atoms with E-state index in [1.165, 1.54) is 24.6 Å². The molecule has 1 amide bonds. The Morgan fingerprint density at radius 3 is 2.47 bits per heavy atom. The number of benzene rings is 2. The zero-order valence-corrected chi connectivity index (χ0v) is 22.3. The van der Waals surface area contributed by atoms with E-state index in [1.807, 2.05) is 18.2 Å². The number of rotatable bonds is 9. The highest BCUT2D eigenvalue weighted by molar-refractivity contribution is 7.90. The van der Waals surface area contributed by atoms with E-state index in [0.717, 1.165) is 63.2 Å². The van der Waals surface area contributed by atoms with E-state index in [1.54, 1.807) is 0 Å². The van der Waals surface area contributed by atoms with Crippen LogP contribution in [0.1, 0.15) is 81.9 Å². The van der Waals surface area contributed by atoms with E-state index in [4.69, 9.17) is 0 Å². The van der Waals surface area contributed by atoms with Crippen LogP contribution in [-0.4, -0.2) is 37.6 Å². The molecule has 1 saturated carbocycles. The second-order valence-corrected chi connectivity index (χ2v) is 12.5. The van der Waals surface area contributed by atoms with Crippen LogP contribution >= 0.6 is 0 Å². The SMILES string of the molecule is CCCCC1CC(NCc2cc(F)ccc2S(C)(=O)=O)C(c2ccccc2)N1C(=O)C1CCCCC1. The van der Waals surface area contributed by atoms with E-state index in [9.17, 15) is 17.6 Å². The average Bonchev–Trinajstić information content (AvgIpc) is 3.24. The van der Waals surface area contributed by atoms with Gasteiger partial charge < -0.3 is 10.2 Å². The Balaban J connectivity index is 1.66. The van der Waals surface area contributed by atoms with Gasteiger partial charge >= 0.3 is 0 Å². The molecule has 1 aliphatic heterocycles. The molecular formula is C29H39FN2O3S. The van der Waals surface area contributed by atoms with Gasteiger partial charge in [-0.2, -0.15) is 0 Å². The first-order valence-corrected chi connectivity index (χ1v) is 15.3. The highest BCUT2D eigenvalue weighted by atomic mass is 32.2. The predicted molar refractivity (Wildman–Crippen MR) is 141 cm³/mol. The number of hydrogen-bond acceptors (Lipinski definition) is 4. The Kier molecular flexibility index (Phi) is 8.83. The van der Waals surface area contributed by atoms with Crippen LogP contribution < -0.4 is 5.32 Å². The quantitative estimate of drug-likeness (QED) is 0.430. The molecule has 1 N–H and O–H groups in total. The van der Waals surface area contributed by atoms with Crippen molar-refractivity contribution in [3.63, 3.8) is 0 Å². The minimum atomic E-state index is -3.49. The van der Waals surface area contributed by atoms with Crippen molar-refractivity contribution in [3.05, 3.63) is 65.5 Å². The van der Waals surface area contributed by atoms with E-state index in [0.29, 0.717) is 5.56 Å². The first-order chi connectivity index (χ1) is 17.3. The molecule has 196 valence electrons. The van der Waals surface area contributed by atoms with Crippen molar-refractivity contribution in [2.75, 3.05) is 6.26 Å². The summed E-state index contributed by atoms with van der Waals surface area (Å²) in [7, 11) is -3.49. The Labute approximate surface area is 215 Å². The van der Waals surface area contributed by atoms with Gasteiger partial charge in [-0.25, -0.2) is 12.8 Å². The number of carbonyl (C=O) groups excluding carboxylic acids is 1. The highest BCUT2D eigenvalue weighted by Gasteiger charge is 2.45. The van der Waals surface area contributed by atoms with Crippen LogP contribution in [0.3, 0.4) is 0 Å². The standard InChI is InChI=1S/C29H39FN2O3S/c1-3-4-15-25-19-26(31-20-23-18-24(30)16-17-27(23)36(2,34)35)28(21-11-7-5-8-12-21)32(25)29(33)22-13-9-6-10-14-22/h5,7-8,11-12,16-18,22,25-26,28,31H,3-4,6,9-10,13-15,19-20H2,1-2H3. The Hall–Kier alpha value is -2.25. The maximum atomic E-state index is 14.1. The zero-order chi connectivity index (χ0) is 25.7. The molecule has 1 heterocycles. The third-order valence-electron chi connectivity index (χ3n) is 7.82. The molecule has 2 aromatic rings. The van der Waals surface area contributed by atoms with Crippen LogP contribution in [0.4, 0.5) is 4.39 Å². The summed E-state index contributed by atoms with van der Waals surface area (Å²) < 4.78 is 38.7. The number of unbranched alkanes of at least 4 members (excludes halogenated alkanes) is 1. The Morgan fingerprint density at radius 2 is 1.81 bits per heavy atom. The van der Waals surface area contributed by atoms with Gasteiger partial charge in [-0.3, -0.25) is 4.79 Å². The Morgan fingerprint density at radius 1 is 1.08 bits per heavy atom. The smallest absolute Gasteiger partial charge is 0.226 e. The number of halogens is 1. The second kappa shape index (κ2) is 11.9. The molecule has 0 radical (unpaired) electrons. The van der Waals surface area contributed by atoms with Crippen molar-refractivity contribution in [2.45, 2.75) is 94.3 Å². The van der Waals surface area contributed by atoms with Gasteiger partial charge in [0.1, 0.15) is 5.82 Å². The van der Waals surface area contributed by atoms with Crippen molar-refractivity contribution >= 4 is 15.7 Å². The third kappa shape index (κ3) is 6.17. The summed E-state index contributed by atoms with van der Waals surface area (Å²) in [6.07, 6.45) is 10.3. The zero-order valence-electron chi connectivity index (χ0n) is 21.5. The van der Waals surface area contributed by atoms with Crippen molar-refractivity contribution in [2.24, 2.45) is 5.92 Å². The van der Waals surface area contributed by atoms with Gasteiger partial charge in [0.2, 0.25) is 5.91 Å².